The third-order valence-corrected chi connectivity index (χ3v) is 4.13. The standard InChI is InChI=1S/C15H25ClN4O/c1-6-11-13-14(19(4)18-11)20(12(9-16)17-13)10-15(2,3)7-8-21-5/h6-10H2,1-5H3. The molecule has 0 aromatic carbocycles. The van der Waals surface area contributed by atoms with E-state index in [0.717, 1.165) is 48.7 Å². The van der Waals surface area contributed by atoms with Crippen LogP contribution in [-0.2, 0) is 30.6 Å². The van der Waals surface area contributed by atoms with Crippen LogP contribution in [-0.4, -0.2) is 33.0 Å². The Morgan fingerprint density at radius 2 is 2.05 bits per heavy atom. The van der Waals surface area contributed by atoms with Gasteiger partial charge in [0.2, 0.25) is 0 Å². The molecule has 21 heavy (non-hydrogen) atoms. The van der Waals surface area contributed by atoms with Gasteiger partial charge in [0.1, 0.15) is 11.3 Å². The highest BCUT2D eigenvalue weighted by atomic mass is 35.5. The molecule has 2 aromatic heterocycles. The minimum atomic E-state index is 0.112. The molecule has 118 valence electrons. The summed E-state index contributed by atoms with van der Waals surface area (Å²) in [6.45, 7) is 8.20. The summed E-state index contributed by atoms with van der Waals surface area (Å²) in [5.74, 6) is 1.33. The molecule has 0 spiro atoms. The molecule has 2 heterocycles. The minimum absolute atomic E-state index is 0.112. The second-order valence-corrected chi connectivity index (χ2v) is 6.52. The van der Waals surface area contributed by atoms with Gasteiger partial charge in [-0.25, -0.2) is 4.98 Å². The lowest BCUT2D eigenvalue weighted by molar-refractivity contribution is 0.142. The van der Waals surface area contributed by atoms with E-state index in [1.807, 2.05) is 11.7 Å². The van der Waals surface area contributed by atoms with Crippen molar-refractivity contribution >= 4 is 22.8 Å². The summed E-state index contributed by atoms with van der Waals surface area (Å²) in [7, 11) is 3.71. The molecular weight excluding hydrogens is 288 g/mol. The first kappa shape index (κ1) is 16.3. The topological polar surface area (TPSA) is 44.9 Å². The third kappa shape index (κ3) is 3.24. The summed E-state index contributed by atoms with van der Waals surface area (Å²) in [5.41, 5.74) is 3.19. The van der Waals surface area contributed by atoms with Gasteiger partial charge in [0.05, 0.1) is 11.6 Å². The quantitative estimate of drug-likeness (QED) is 0.738. The van der Waals surface area contributed by atoms with E-state index < -0.39 is 0 Å². The van der Waals surface area contributed by atoms with Gasteiger partial charge in [-0.15, -0.1) is 11.6 Å². The Balaban J connectivity index is 2.44. The van der Waals surface area contributed by atoms with Crippen molar-refractivity contribution in [3.8, 4) is 0 Å². The average molecular weight is 313 g/mol. The number of alkyl halides is 1. The number of fused-ring (bicyclic) bond motifs is 1. The fourth-order valence-electron chi connectivity index (χ4n) is 2.68. The SMILES string of the molecule is CCc1nn(C)c2c1nc(CCl)n2CC(C)(C)CCOC. The first-order valence-electron chi connectivity index (χ1n) is 7.39. The number of rotatable bonds is 7. The van der Waals surface area contributed by atoms with Crippen LogP contribution < -0.4 is 0 Å². The molecular formula is C15H25ClN4O. The molecule has 5 nitrogen and oxygen atoms in total. The second kappa shape index (κ2) is 6.36. The average Bonchev–Trinajstić information content (AvgIpc) is 2.94. The highest BCUT2D eigenvalue weighted by molar-refractivity contribution is 6.16. The zero-order valence-corrected chi connectivity index (χ0v) is 14.4. The van der Waals surface area contributed by atoms with Crippen molar-refractivity contribution in [1.29, 1.82) is 0 Å². The lowest BCUT2D eigenvalue weighted by Gasteiger charge is -2.26. The van der Waals surface area contributed by atoms with E-state index in [1.54, 1.807) is 7.11 Å². The number of aryl methyl sites for hydroxylation is 2. The van der Waals surface area contributed by atoms with Gasteiger partial charge in [-0.1, -0.05) is 20.8 Å². The van der Waals surface area contributed by atoms with Crippen LogP contribution in [0.4, 0.5) is 0 Å². The van der Waals surface area contributed by atoms with E-state index in [4.69, 9.17) is 21.3 Å². The number of imidazole rings is 1. The maximum atomic E-state index is 6.10. The van der Waals surface area contributed by atoms with E-state index in [0.29, 0.717) is 5.88 Å². The van der Waals surface area contributed by atoms with Crippen molar-refractivity contribution in [3.63, 3.8) is 0 Å². The molecule has 0 N–H and O–H groups in total. The van der Waals surface area contributed by atoms with Gasteiger partial charge >= 0.3 is 0 Å². The van der Waals surface area contributed by atoms with Gasteiger partial charge < -0.3 is 9.30 Å². The third-order valence-electron chi connectivity index (χ3n) is 3.89. The number of hydrogen-bond donors (Lipinski definition) is 0. The van der Waals surface area contributed by atoms with Gasteiger partial charge in [0.25, 0.3) is 0 Å². The lowest BCUT2D eigenvalue weighted by Crippen LogP contribution is -2.23. The van der Waals surface area contributed by atoms with Crippen molar-refractivity contribution in [2.24, 2.45) is 12.5 Å². The highest BCUT2D eigenvalue weighted by Gasteiger charge is 2.24. The molecule has 0 aliphatic carbocycles. The zero-order valence-electron chi connectivity index (χ0n) is 13.6. The second-order valence-electron chi connectivity index (χ2n) is 6.25. The number of nitrogens with zero attached hydrogens (tertiary/aromatic N) is 4. The molecule has 0 atom stereocenters. The molecule has 6 heteroatoms. The number of aromatic nitrogens is 4. The molecule has 0 saturated heterocycles. The van der Waals surface area contributed by atoms with Crippen LogP contribution in [0.5, 0.6) is 0 Å². The van der Waals surface area contributed by atoms with Gasteiger partial charge in [-0.2, -0.15) is 5.10 Å². The Labute approximate surface area is 131 Å². The normalized spacial score (nSPS) is 12.5. The number of halogens is 1. The summed E-state index contributed by atoms with van der Waals surface area (Å²) in [6.07, 6.45) is 1.87. The molecule has 0 radical (unpaired) electrons. The van der Waals surface area contributed by atoms with Crippen LogP contribution in [0.2, 0.25) is 0 Å². The molecule has 0 bridgehead atoms. The van der Waals surface area contributed by atoms with E-state index >= 15 is 0 Å². The first-order chi connectivity index (χ1) is 9.93. The molecule has 0 unspecified atom stereocenters. The molecule has 0 aliphatic rings. The summed E-state index contributed by atoms with van der Waals surface area (Å²) in [6, 6.07) is 0. The largest absolute Gasteiger partial charge is 0.385 e. The van der Waals surface area contributed by atoms with E-state index in [-0.39, 0.29) is 5.41 Å². The van der Waals surface area contributed by atoms with Gasteiger partial charge in [-0.3, -0.25) is 4.68 Å². The van der Waals surface area contributed by atoms with Crippen LogP contribution in [0.1, 0.15) is 38.7 Å². The van der Waals surface area contributed by atoms with Gasteiger partial charge in [0.15, 0.2) is 5.65 Å². The van der Waals surface area contributed by atoms with Crippen LogP contribution in [0.25, 0.3) is 11.2 Å². The smallest absolute Gasteiger partial charge is 0.158 e. The Kier molecular flexibility index (Phi) is 4.94. The highest BCUT2D eigenvalue weighted by Crippen LogP contribution is 2.28. The van der Waals surface area contributed by atoms with Crippen LogP contribution in [0, 0.1) is 5.41 Å². The molecule has 0 aliphatic heterocycles. The Morgan fingerprint density at radius 1 is 1.33 bits per heavy atom. The number of methoxy groups -OCH3 is 1. The number of ether oxygens (including phenoxy) is 1. The summed E-state index contributed by atoms with van der Waals surface area (Å²) < 4.78 is 9.35. The fourth-order valence-corrected chi connectivity index (χ4v) is 2.88. The van der Waals surface area contributed by atoms with Crippen molar-refractivity contribution in [2.45, 2.75) is 46.0 Å². The molecule has 2 aromatic rings. The van der Waals surface area contributed by atoms with Crippen LogP contribution in [0.15, 0.2) is 0 Å². The summed E-state index contributed by atoms with van der Waals surface area (Å²) >= 11 is 6.10. The van der Waals surface area contributed by atoms with Crippen LogP contribution in [0.3, 0.4) is 0 Å². The molecule has 0 amide bonds. The minimum Gasteiger partial charge on any atom is -0.385 e. The van der Waals surface area contributed by atoms with Crippen molar-refractivity contribution in [3.05, 3.63) is 11.5 Å². The fraction of sp³-hybridized carbons (Fsp3) is 0.733. The van der Waals surface area contributed by atoms with Crippen molar-refractivity contribution in [1.82, 2.24) is 19.3 Å². The van der Waals surface area contributed by atoms with Gasteiger partial charge in [-0.05, 0) is 18.3 Å². The predicted molar refractivity (Wildman–Crippen MR) is 85.7 cm³/mol. The maximum Gasteiger partial charge on any atom is 0.158 e. The van der Waals surface area contributed by atoms with E-state index in [9.17, 15) is 0 Å². The van der Waals surface area contributed by atoms with E-state index in [2.05, 4.69) is 30.4 Å². The van der Waals surface area contributed by atoms with E-state index in [1.165, 1.54) is 0 Å². The molecule has 2 rings (SSSR count). The predicted octanol–water partition coefficient (Wildman–Crippen LogP) is 3.13. The molecule has 0 saturated carbocycles. The Hall–Kier alpha value is -1.07. The zero-order chi connectivity index (χ0) is 15.6. The first-order valence-corrected chi connectivity index (χ1v) is 7.93. The van der Waals surface area contributed by atoms with Crippen molar-refractivity contribution < 1.29 is 4.74 Å². The Bertz CT molecular complexity index is 615. The maximum absolute atomic E-state index is 6.10. The van der Waals surface area contributed by atoms with Gasteiger partial charge in [0, 0.05) is 27.3 Å². The molecule has 0 fully saturated rings. The van der Waals surface area contributed by atoms with Crippen molar-refractivity contribution in [2.75, 3.05) is 13.7 Å². The number of hydrogen-bond acceptors (Lipinski definition) is 3. The summed E-state index contributed by atoms with van der Waals surface area (Å²) in [4.78, 5) is 4.70. The lowest BCUT2D eigenvalue weighted by atomic mass is 9.89. The van der Waals surface area contributed by atoms with Crippen LogP contribution >= 0.6 is 11.6 Å². The Morgan fingerprint density at radius 3 is 2.62 bits per heavy atom. The summed E-state index contributed by atoms with van der Waals surface area (Å²) in [5, 5.41) is 4.56. The monoisotopic (exact) mass is 312 g/mol.